The van der Waals surface area contributed by atoms with Crippen LogP contribution in [-0.2, 0) is 34.8 Å². The van der Waals surface area contributed by atoms with E-state index in [-0.39, 0.29) is 54.7 Å². The average molecular weight is 738 g/mol. The number of nitrogens with one attached hydrogen (secondary N) is 4. The topological polar surface area (TPSA) is 171 Å². The summed E-state index contributed by atoms with van der Waals surface area (Å²) < 4.78 is 26.9. The highest BCUT2D eigenvalue weighted by Crippen LogP contribution is 2.65. The summed E-state index contributed by atoms with van der Waals surface area (Å²) in [7, 11) is -3.61. The minimum atomic E-state index is -3.61. The second-order valence-corrected chi connectivity index (χ2v) is 18.4. The number of piperidine rings is 1. The fourth-order valence-electron chi connectivity index (χ4n) is 8.03. The van der Waals surface area contributed by atoms with E-state index in [0.717, 1.165) is 19.3 Å². The molecule has 0 spiro atoms. The Morgan fingerprint density at radius 3 is 2.31 bits per heavy atom. The zero-order valence-electron chi connectivity index (χ0n) is 31.1. The van der Waals surface area contributed by atoms with E-state index in [0.29, 0.717) is 18.4 Å². The van der Waals surface area contributed by atoms with E-state index in [1.165, 1.54) is 11.0 Å². The number of likely N-dealkylation sites (tertiary alicyclic amines) is 1. The molecule has 5 atom stereocenters. The second kappa shape index (κ2) is 16.2. The molecule has 0 bridgehead atoms. The first-order valence-corrected chi connectivity index (χ1v) is 20.0. The Balaban J connectivity index is 1.54. The molecule has 1 aliphatic heterocycles. The summed E-state index contributed by atoms with van der Waals surface area (Å²) in [5.74, 6) is -0.876. The van der Waals surface area contributed by atoms with Gasteiger partial charge in [-0.2, -0.15) is 0 Å². The maximum Gasteiger partial charge on any atom is 0.315 e. The number of fused-ring (bicyclic) bond motifs is 1. The van der Waals surface area contributed by atoms with Crippen molar-refractivity contribution in [3.05, 3.63) is 48.6 Å². The maximum atomic E-state index is 14.5. The van der Waals surface area contributed by atoms with Gasteiger partial charge in [0.05, 0.1) is 23.1 Å². The van der Waals surface area contributed by atoms with E-state index in [1.807, 2.05) is 40.7 Å². The maximum absolute atomic E-state index is 14.5. The molecule has 284 valence electrons. The van der Waals surface area contributed by atoms with Crippen LogP contribution in [0.3, 0.4) is 0 Å². The lowest BCUT2D eigenvalue weighted by Gasteiger charge is -2.40. The third-order valence-electron chi connectivity index (χ3n) is 10.9. The smallest absolute Gasteiger partial charge is 0.315 e. The van der Waals surface area contributed by atoms with Gasteiger partial charge in [0.2, 0.25) is 17.6 Å². The van der Waals surface area contributed by atoms with Crippen molar-refractivity contribution in [2.45, 2.75) is 109 Å². The third kappa shape index (κ3) is 9.62. The van der Waals surface area contributed by atoms with Gasteiger partial charge >= 0.3 is 6.03 Å². The number of carbonyl (C=O) groups is 5. The molecular formula is C39H55N5O7S. The summed E-state index contributed by atoms with van der Waals surface area (Å²) in [6.45, 7) is 13.4. The van der Waals surface area contributed by atoms with E-state index >= 15 is 0 Å². The van der Waals surface area contributed by atoms with Gasteiger partial charge in [-0.15, -0.1) is 18.9 Å². The molecule has 0 radical (unpaired) electrons. The fourth-order valence-corrected chi connectivity index (χ4v) is 10.0. The highest BCUT2D eigenvalue weighted by molar-refractivity contribution is 7.90. The number of terminal acetylenes is 1. The van der Waals surface area contributed by atoms with Crippen molar-refractivity contribution in [1.82, 2.24) is 26.2 Å². The lowest BCUT2D eigenvalue weighted by molar-refractivity contribution is -0.145. The summed E-state index contributed by atoms with van der Waals surface area (Å²) in [6, 6.07) is 5.05. The minimum absolute atomic E-state index is 0.0118. The summed E-state index contributed by atoms with van der Waals surface area (Å²) in [4.78, 5) is 69.4. The van der Waals surface area contributed by atoms with Crippen LogP contribution >= 0.6 is 0 Å². The highest BCUT2D eigenvalue weighted by atomic mass is 32.2. The lowest BCUT2D eigenvalue weighted by atomic mass is 9.83. The molecule has 12 nitrogen and oxygen atoms in total. The quantitative estimate of drug-likeness (QED) is 0.122. The predicted molar refractivity (Wildman–Crippen MR) is 199 cm³/mol. The van der Waals surface area contributed by atoms with Crippen LogP contribution in [0.4, 0.5) is 4.79 Å². The molecule has 52 heavy (non-hydrogen) atoms. The molecule has 1 aromatic rings. The molecule has 1 heterocycles. The number of urea groups is 1. The van der Waals surface area contributed by atoms with Crippen LogP contribution in [0.15, 0.2) is 43.0 Å². The molecule has 4 N–H and O–H groups in total. The molecule has 3 aliphatic rings. The van der Waals surface area contributed by atoms with Crippen molar-refractivity contribution in [2.75, 3.05) is 18.8 Å². The fraction of sp³-hybridized carbons (Fsp3) is 0.615. The molecule has 13 heteroatoms. The van der Waals surface area contributed by atoms with Gasteiger partial charge in [0.1, 0.15) is 12.1 Å². The third-order valence-corrected chi connectivity index (χ3v) is 12.7. The van der Waals surface area contributed by atoms with Crippen LogP contribution in [0.5, 0.6) is 0 Å². The minimum Gasteiger partial charge on any atom is -0.346 e. The number of hydrogen-bond donors (Lipinski definition) is 4. The zero-order chi connectivity index (χ0) is 38.5. The van der Waals surface area contributed by atoms with Crippen molar-refractivity contribution in [3.8, 4) is 12.3 Å². The molecule has 2 saturated carbocycles. The molecule has 1 unspecified atom stereocenters. The molecule has 4 rings (SSSR count). The molecule has 2 aliphatic carbocycles. The van der Waals surface area contributed by atoms with Crippen molar-refractivity contribution in [3.63, 3.8) is 0 Å². The first kappa shape index (κ1) is 40.6. The summed E-state index contributed by atoms with van der Waals surface area (Å²) in [5.41, 5.74) is -1.38. The molecular weight excluding hydrogens is 683 g/mol. The van der Waals surface area contributed by atoms with Crippen molar-refractivity contribution in [2.24, 2.45) is 22.7 Å². The number of ketones is 1. The SMILES string of the molecule is C#CCCC(NC(=O)[C@@H]1[C@@H]2[C@H](CN1C(=O)[C@@H](NC(=O)NC1(CS(=O)(=O)Cc3ccccc3)CCCCC1)C(C)(C)C)C2(C)C)C(=O)C(=O)NCC=C. The van der Waals surface area contributed by atoms with Gasteiger partial charge in [-0.25, -0.2) is 13.2 Å². The van der Waals surface area contributed by atoms with Crippen LogP contribution in [0.2, 0.25) is 0 Å². The van der Waals surface area contributed by atoms with E-state index < -0.39 is 68.5 Å². The standard InChI is InChI=1S/C39H55N5O7S/c1-8-10-19-28(31(45)34(47)40-22-9-2)41-33(46)30-29-27(38(29,6)7)23-44(30)35(48)32(37(3,4)5)42-36(49)43-39(20-15-12-16-21-39)25-52(50,51)24-26-17-13-11-14-18-26/h1,9,11,13-14,17-18,27-30,32H,2,10,12,15-16,19-25H2,3-7H3,(H,40,47)(H,41,46)(H2,42,43,49)/t27-,28?,29-,30-,32+/m0/s1. The Bertz CT molecular complexity index is 1670. The Kier molecular flexibility index (Phi) is 12.7. The van der Waals surface area contributed by atoms with E-state index in [9.17, 15) is 32.4 Å². The number of carbonyl (C=O) groups excluding carboxylic acids is 5. The van der Waals surface area contributed by atoms with Crippen molar-refractivity contribution < 1.29 is 32.4 Å². The number of sulfone groups is 1. The Morgan fingerprint density at radius 1 is 1.06 bits per heavy atom. The van der Waals surface area contributed by atoms with Crippen LogP contribution < -0.4 is 21.3 Å². The number of amides is 5. The lowest BCUT2D eigenvalue weighted by Crippen LogP contribution is -2.64. The van der Waals surface area contributed by atoms with Crippen LogP contribution in [0.25, 0.3) is 0 Å². The van der Waals surface area contributed by atoms with Gasteiger partial charge in [0.25, 0.3) is 5.91 Å². The summed E-state index contributed by atoms with van der Waals surface area (Å²) in [6.07, 6.45) is 10.5. The number of rotatable bonds is 15. The summed E-state index contributed by atoms with van der Waals surface area (Å²) >= 11 is 0. The van der Waals surface area contributed by atoms with Gasteiger partial charge in [-0.05, 0) is 47.5 Å². The first-order valence-electron chi connectivity index (χ1n) is 18.2. The van der Waals surface area contributed by atoms with Gasteiger partial charge in [-0.3, -0.25) is 19.2 Å². The molecule has 5 amide bonds. The number of benzene rings is 1. The first-order chi connectivity index (χ1) is 24.4. The molecule has 0 aromatic heterocycles. The molecule has 3 fully saturated rings. The number of Topliss-reactive ketones (excluding diaryl/α,β-unsaturated/α-hetero) is 1. The Labute approximate surface area is 308 Å². The number of nitrogens with zero attached hydrogens (tertiary/aromatic N) is 1. The number of hydrogen-bond acceptors (Lipinski definition) is 7. The van der Waals surface area contributed by atoms with Crippen molar-refractivity contribution >= 4 is 39.4 Å². The van der Waals surface area contributed by atoms with E-state index in [4.69, 9.17) is 6.42 Å². The average Bonchev–Trinajstić information content (AvgIpc) is 3.37. The van der Waals surface area contributed by atoms with Crippen LogP contribution in [-0.4, -0.2) is 85.4 Å². The molecule has 1 aromatic carbocycles. The van der Waals surface area contributed by atoms with Gasteiger partial charge in [0.15, 0.2) is 9.84 Å². The van der Waals surface area contributed by atoms with Crippen LogP contribution in [0.1, 0.15) is 85.1 Å². The predicted octanol–water partition coefficient (Wildman–Crippen LogP) is 3.27. The molecule has 1 saturated heterocycles. The second-order valence-electron chi connectivity index (χ2n) is 16.3. The summed E-state index contributed by atoms with van der Waals surface area (Å²) in [5, 5.41) is 11.0. The van der Waals surface area contributed by atoms with Crippen LogP contribution in [0, 0.1) is 35.0 Å². The monoisotopic (exact) mass is 737 g/mol. The van der Waals surface area contributed by atoms with Gasteiger partial charge in [-0.1, -0.05) is 90.3 Å². The Morgan fingerprint density at radius 2 is 1.71 bits per heavy atom. The Hall–Kier alpha value is -4.18. The normalized spacial score (nSPS) is 22.8. The highest BCUT2D eigenvalue weighted by Gasteiger charge is 2.70. The van der Waals surface area contributed by atoms with E-state index in [2.05, 4.69) is 33.8 Å². The van der Waals surface area contributed by atoms with Gasteiger partial charge < -0.3 is 26.2 Å². The van der Waals surface area contributed by atoms with Crippen molar-refractivity contribution in [1.29, 1.82) is 0 Å². The van der Waals surface area contributed by atoms with E-state index in [1.54, 1.807) is 24.3 Å². The largest absolute Gasteiger partial charge is 0.346 e. The zero-order valence-corrected chi connectivity index (χ0v) is 31.9. The van der Waals surface area contributed by atoms with Gasteiger partial charge in [0, 0.05) is 19.5 Å².